The Morgan fingerprint density at radius 3 is 3.00 bits per heavy atom. The second-order valence-corrected chi connectivity index (χ2v) is 4.79. The SMILES string of the molecule is CCOCCn1c(CCC(=O)O)nc2cccc(Cl)c21. The number of para-hydroxylation sites is 1. The van der Waals surface area contributed by atoms with Gasteiger partial charge in [0.15, 0.2) is 0 Å². The summed E-state index contributed by atoms with van der Waals surface area (Å²) in [6.07, 6.45) is 0.433. The number of fused-ring (bicyclic) bond motifs is 1. The van der Waals surface area contributed by atoms with Crippen molar-refractivity contribution in [3.63, 3.8) is 0 Å². The Labute approximate surface area is 122 Å². The first-order valence-electron chi connectivity index (χ1n) is 6.56. The molecule has 0 unspecified atom stereocenters. The zero-order valence-electron chi connectivity index (χ0n) is 11.3. The first-order chi connectivity index (χ1) is 9.63. The molecule has 1 heterocycles. The summed E-state index contributed by atoms with van der Waals surface area (Å²) in [5.74, 6) is -0.102. The first-order valence-corrected chi connectivity index (χ1v) is 6.94. The van der Waals surface area contributed by atoms with Gasteiger partial charge in [0.05, 0.1) is 29.1 Å². The molecule has 0 spiro atoms. The molecule has 2 rings (SSSR count). The lowest BCUT2D eigenvalue weighted by Gasteiger charge is -2.09. The van der Waals surface area contributed by atoms with Crippen LogP contribution in [0, 0.1) is 0 Å². The molecule has 1 N–H and O–H groups in total. The molecule has 0 aliphatic carbocycles. The second kappa shape index (κ2) is 6.72. The molecule has 2 aromatic rings. The lowest BCUT2D eigenvalue weighted by atomic mass is 10.3. The summed E-state index contributed by atoms with van der Waals surface area (Å²) in [6, 6.07) is 5.53. The van der Waals surface area contributed by atoms with Crippen molar-refractivity contribution >= 4 is 28.6 Å². The molecule has 0 amide bonds. The van der Waals surface area contributed by atoms with Crippen LogP contribution in [-0.4, -0.2) is 33.8 Å². The summed E-state index contributed by atoms with van der Waals surface area (Å²) in [5, 5.41) is 9.44. The molecule has 1 aromatic carbocycles. The van der Waals surface area contributed by atoms with Crippen LogP contribution in [0.3, 0.4) is 0 Å². The molecule has 6 heteroatoms. The van der Waals surface area contributed by atoms with E-state index < -0.39 is 5.97 Å². The van der Waals surface area contributed by atoms with Crippen molar-refractivity contribution in [3.05, 3.63) is 29.0 Å². The highest BCUT2D eigenvalue weighted by atomic mass is 35.5. The molecular weight excluding hydrogens is 280 g/mol. The smallest absolute Gasteiger partial charge is 0.303 e. The van der Waals surface area contributed by atoms with Crippen molar-refractivity contribution in [1.29, 1.82) is 0 Å². The Morgan fingerprint density at radius 2 is 2.30 bits per heavy atom. The average molecular weight is 297 g/mol. The van der Waals surface area contributed by atoms with Crippen LogP contribution in [0.2, 0.25) is 5.02 Å². The van der Waals surface area contributed by atoms with Crippen LogP contribution in [0.15, 0.2) is 18.2 Å². The minimum absolute atomic E-state index is 0.0512. The van der Waals surface area contributed by atoms with Gasteiger partial charge in [-0.25, -0.2) is 4.98 Å². The molecule has 0 bridgehead atoms. The molecular formula is C14H17ClN2O3. The Balaban J connectivity index is 2.35. The number of rotatable bonds is 7. The van der Waals surface area contributed by atoms with E-state index in [0.29, 0.717) is 31.2 Å². The number of benzene rings is 1. The number of hydrogen-bond donors (Lipinski definition) is 1. The number of aliphatic carboxylic acids is 1. The van der Waals surface area contributed by atoms with Gasteiger partial charge in [0.2, 0.25) is 0 Å². The van der Waals surface area contributed by atoms with Crippen LogP contribution in [0.1, 0.15) is 19.2 Å². The van der Waals surface area contributed by atoms with Crippen molar-refractivity contribution in [1.82, 2.24) is 9.55 Å². The molecule has 0 saturated carbocycles. The van der Waals surface area contributed by atoms with Crippen molar-refractivity contribution in [2.45, 2.75) is 26.3 Å². The van der Waals surface area contributed by atoms with Crippen LogP contribution in [0.4, 0.5) is 0 Å². The summed E-state index contributed by atoms with van der Waals surface area (Å²) in [5.41, 5.74) is 1.63. The third-order valence-corrected chi connectivity index (χ3v) is 3.33. The summed E-state index contributed by atoms with van der Waals surface area (Å²) in [4.78, 5) is 15.2. The Bertz CT molecular complexity index is 610. The van der Waals surface area contributed by atoms with Gasteiger partial charge in [-0.3, -0.25) is 4.79 Å². The molecule has 0 aliphatic heterocycles. The highest BCUT2D eigenvalue weighted by Gasteiger charge is 2.14. The zero-order chi connectivity index (χ0) is 14.5. The molecule has 1 aromatic heterocycles. The van der Waals surface area contributed by atoms with E-state index in [1.807, 2.05) is 29.7 Å². The van der Waals surface area contributed by atoms with E-state index >= 15 is 0 Å². The number of aromatic nitrogens is 2. The summed E-state index contributed by atoms with van der Waals surface area (Å²) >= 11 is 6.23. The number of carbonyl (C=O) groups is 1. The molecule has 0 atom stereocenters. The number of imidazole rings is 1. The lowest BCUT2D eigenvalue weighted by molar-refractivity contribution is -0.137. The molecule has 0 saturated heterocycles. The van der Waals surface area contributed by atoms with Gasteiger partial charge in [-0.2, -0.15) is 0 Å². The average Bonchev–Trinajstić information content (AvgIpc) is 2.76. The van der Waals surface area contributed by atoms with Crippen LogP contribution in [0.5, 0.6) is 0 Å². The van der Waals surface area contributed by atoms with Crippen molar-refractivity contribution in [2.24, 2.45) is 0 Å². The van der Waals surface area contributed by atoms with Gasteiger partial charge in [0.1, 0.15) is 5.82 Å². The molecule has 0 fully saturated rings. The number of ether oxygens (including phenoxy) is 1. The highest BCUT2D eigenvalue weighted by Crippen LogP contribution is 2.25. The number of halogens is 1. The van der Waals surface area contributed by atoms with E-state index in [0.717, 1.165) is 16.9 Å². The monoisotopic (exact) mass is 296 g/mol. The summed E-state index contributed by atoms with van der Waals surface area (Å²) < 4.78 is 7.32. The van der Waals surface area contributed by atoms with Gasteiger partial charge in [0, 0.05) is 19.6 Å². The molecule has 5 nitrogen and oxygen atoms in total. The van der Waals surface area contributed by atoms with Crippen molar-refractivity contribution in [3.8, 4) is 0 Å². The predicted octanol–water partition coefficient (Wildman–Crippen LogP) is 2.74. The van der Waals surface area contributed by atoms with E-state index in [2.05, 4.69) is 4.98 Å². The van der Waals surface area contributed by atoms with E-state index in [-0.39, 0.29) is 6.42 Å². The zero-order valence-corrected chi connectivity index (χ0v) is 12.1. The fourth-order valence-corrected chi connectivity index (χ4v) is 2.41. The Hall–Kier alpha value is -1.59. The standard InChI is InChI=1S/C14H17ClN2O3/c1-2-20-9-8-17-12(6-7-13(18)19)16-11-5-3-4-10(15)14(11)17/h3-5H,2,6-9H2,1H3,(H,18,19). The third kappa shape index (κ3) is 3.29. The van der Waals surface area contributed by atoms with Crippen molar-refractivity contribution < 1.29 is 14.6 Å². The second-order valence-electron chi connectivity index (χ2n) is 4.38. The highest BCUT2D eigenvalue weighted by molar-refractivity contribution is 6.35. The first kappa shape index (κ1) is 14.8. The molecule has 0 radical (unpaired) electrons. The Morgan fingerprint density at radius 1 is 1.50 bits per heavy atom. The summed E-state index contributed by atoms with van der Waals surface area (Å²) in [7, 11) is 0. The fourth-order valence-electron chi connectivity index (χ4n) is 2.14. The molecule has 0 aliphatic rings. The van der Waals surface area contributed by atoms with Crippen LogP contribution < -0.4 is 0 Å². The van der Waals surface area contributed by atoms with Crippen LogP contribution in [-0.2, 0) is 22.5 Å². The van der Waals surface area contributed by atoms with Gasteiger partial charge in [-0.1, -0.05) is 17.7 Å². The molecule has 20 heavy (non-hydrogen) atoms. The summed E-state index contributed by atoms with van der Waals surface area (Å²) in [6.45, 7) is 3.74. The molecule has 108 valence electrons. The topological polar surface area (TPSA) is 64.3 Å². The van der Waals surface area contributed by atoms with Gasteiger partial charge in [-0.15, -0.1) is 0 Å². The third-order valence-electron chi connectivity index (χ3n) is 3.02. The van der Waals surface area contributed by atoms with Gasteiger partial charge >= 0.3 is 5.97 Å². The minimum Gasteiger partial charge on any atom is -0.481 e. The van der Waals surface area contributed by atoms with E-state index in [1.165, 1.54) is 0 Å². The number of carboxylic acid groups (broad SMARTS) is 1. The van der Waals surface area contributed by atoms with Gasteiger partial charge in [0.25, 0.3) is 0 Å². The van der Waals surface area contributed by atoms with Crippen LogP contribution in [0.25, 0.3) is 11.0 Å². The Kier molecular flexibility index (Phi) is 4.98. The van der Waals surface area contributed by atoms with E-state index in [1.54, 1.807) is 0 Å². The van der Waals surface area contributed by atoms with Gasteiger partial charge in [-0.05, 0) is 19.1 Å². The van der Waals surface area contributed by atoms with Gasteiger partial charge < -0.3 is 14.4 Å². The number of nitrogens with zero attached hydrogens (tertiary/aromatic N) is 2. The number of hydrogen-bond acceptors (Lipinski definition) is 3. The number of aryl methyl sites for hydroxylation is 1. The quantitative estimate of drug-likeness (QED) is 0.798. The van der Waals surface area contributed by atoms with E-state index in [9.17, 15) is 4.79 Å². The maximum absolute atomic E-state index is 10.7. The lowest BCUT2D eigenvalue weighted by Crippen LogP contribution is -2.11. The van der Waals surface area contributed by atoms with Crippen LogP contribution >= 0.6 is 11.6 Å². The normalized spacial score (nSPS) is 11.1. The predicted molar refractivity (Wildman–Crippen MR) is 77.2 cm³/mol. The number of carboxylic acids is 1. The fraction of sp³-hybridized carbons (Fsp3) is 0.429. The maximum Gasteiger partial charge on any atom is 0.303 e. The largest absolute Gasteiger partial charge is 0.481 e. The maximum atomic E-state index is 10.7. The minimum atomic E-state index is -0.834. The van der Waals surface area contributed by atoms with Crippen molar-refractivity contribution in [2.75, 3.05) is 13.2 Å². The van der Waals surface area contributed by atoms with E-state index in [4.69, 9.17) is 21.4 Å².